The monoisotopic (exact) mass is 449 g/mol. The number of carboxylic acid groups (broad SMARTS) is 1. The second kappa shape index (κ2) is 8.36. The number of aromatic nitrogens is 2. The molecule has 1 aliphatic heterocycles. The van der Waals surface area contributed by atoms with Crippen LogP contribution in [0.25, 0.3) is 22.2 Å². The summed E-state index contributed by atoms with van der Waals surface area (Å²) in [4.78, 5) is 21.5. The largest absolute Gasteiger partial charge is 0.478 e. The van der Waals surface area contributed by atoms with Crippen molar-refractivity contribution in [2.75, 3.05) is 18.0 Å². The summed E-state index contributed by atoms with van der Waals surface area (Å²) < 4.78 is 5.93. The van der Waals surface area contributed by atoms with Crippen molar-refractivity contribution in [2.45, 2.75) is 32.3 Å². The number of halogens is 1. The number of hydrogen-bond acceptors (Lipinski definition) is 4. The Balaban J connectivity index is 1.37. The lowest BCUT2D eigenvalue weighted by Gasteiger charge is -2.18. The molecule has 0 saturated carbocycles. The summed E-state index contributed by atoms with van der Waals surface area (Å²) in [6.07, 6.45) is 6.04. The van der Waals surface area contributed by atoms with Gasteiger partial charge in [0.2, 0.25) is 0 Å². The van der Waals surface area contributed by atoms with Crippen molar-refractivity contribution in [3.05, 3.63) is 64.7 Å². The zero-order valence-corrected chi connectivity index (χ0v) is 18.5. The van der Waals surface area contributed by atoms with E-state index < -0.39 is 12.1 Å². The van der Waals surface area contributed by atoms with Crippen LogP contribution in [-0.2, 0) is 4.79 Å². The molecule has 2 heterocycles. The van der Waals surface area contributed by atoms with Crippen molar-refractivity contribution in [3.8, 4) is 17.1 Å². The Morgan fingerprint density at radius 3 is 2.69 bits per heavy atom. The van der Waals surface area contributed by atoms with E-state index in [0.29, 0.717) is 23.0 Å². The molecule has 2 aromatic carbocycles. The fraction of sp³-hybridized carbons (Fsp3) is 0.280. The summed E-state index contributed by atoms with van der Waals surface area (Å²) in [7, 11) is 0. The van der Waals surface area contributed by atoms with Gasteiger partial charge in [-0.25, -0.2) is 4.79 Å². The van der Waals surface area contributed by atoms with Gasteiger partial charge in [-0.05, 0) is 61.2 Å². The van der Waals surface area contributed by atoms with Crippen molar-refractivity contribution in [1.29, 1.82) is 0 Å². The van der Waals surface area contributed by atoms with Crippen molar-refractivity contribution in [1.82, 2.24) is 9.97 Å². The number of hydrogen-bond donors (Lipinski definition) is 2. The normalized spacial score (nSPS) is 18.6. The van der Waals surface area contributed by atoms with E-state index in [2.05, 4.69) is 39.1 Å². The first-order chi connectivity index (χ1) is 15.5. The van der Waals surface area contributed by atoms with Crippen molar-refractivity contribution in [3.63, 3.8) is 0 Å². The molecule has 1 fully saturated rings. The molecule has 5 rings (SSSR count). The summed E-state index contributed by atoms with van der Waals surface area (Å²) in [5.41, 5.74) is 5.80. The fourth-order valence-corrected chi connectivity index (χ4v) is 4.65. The van der Waals surface area contributed by atoms with Crippen LogP contribution in [0.5, 0.6) is 6.01 Å². The molecule has 2 aliphatic rings. The molecule has 1 unspecified atom stereocenters. The lowest BCUT2D eigenvalue weighted by Crippen LogP contribution is -2.21. The van der Waals surface area contributed by atoms with Crippen molar-refractivity contribution < 1.29 is 14.6 Å². The van der Waals surface area contributed by atoms with E-state index >= 15 is 0 Å². The van der Waals surface area contributed by atoms with Gasteiger partial charge in [0.05, 0.1) is 16.1 Å². The first-order valence-electron chi connectivity index (χ1n) is 10.8. The molecule has 1 saturated heterocycles. The molecule has 7 heteroatoms. The Hall–Kier alpha value is -3.25. The van der Waals surface area contributed by atoms with Crippen LogP contribution in [-0.4, -0.2) is 40.2 Å². The van der Waals surface area contributed by atoms with E-state index in [-0.39, 0.29) is 0 Å². The third-order valence-electron chi connectivity index (χ3n) is 6.16. The summed E-state index contributed by atoms with van der Waals surface area (Å²) in [6, 6.07) is 12.6. The maximum atomic E-state index is 11.4. The second-order valence-corrected chi connectivity index (χ2v) is 8.73. The number of nitrogens with zero attached hydrogens (tertiary/aromatic N) is 2. The van der Waals surface area contributed by atoms with Gasteiger partial charge in [0.1, 0.15) is 6.10 Å². The Kier molecular flexibility index (Phi) is 5.39. The molecule has 0 spiro atoms. The molecule has 0 bridgehead atoms. The van der Waals surface area contributed by atoms with Crippen molar-refractivity contribution >= 4 is 34.3 Å². The van der Waals surface area contributed by atoms with Crippen LogP contribution in [0.2, 0.25) is 5.02 Å². The number of H-pyrrole nitrogens is 1. The van der Waals surface area contributed by atoms with Gasteiger partial charge in [0.25, 0.3) is 6.01 Å². The molecule has 0 radical (unpaired) electrons. The van der Waals surface area contributed by atoms with Crippen LogP contribution < -0.4 is 9.64 Å². The van der Waals surface area contributed by atoms with E-state index in [9.17, 15) is 9.90 Å². The average molecular weight is 450 g/mol. The van der Waals surface area contributed by atoms with Crippen LogP contribution in [0.15, 0.2) is 59.7 Å². The minimum absolute atomic E-state index is 0.296. The van der Waals surface area contributed by atoms with Crippen LogP contribution in [0.3, 0.4) is 0 Å². The van der Waals surface area contributed by atoms with Gasteiger partial charge in [0.15, 0.2) is 0 Å². The van der Waals surface area contributed by atoms with Gasteiger partial charge >= 0.3 is 5.97 Å². The Bertz CT molecular complexity index is 1240. The quantitative estimate of drug-likeness (QED) is 0.530. The molecular formula is C25H24ClN3O3. The number of rotatable bonds is 5. The number of anilines is 1. The molecule has 1 aromatic heterocycles. The summed E-state index contributed by atoms with van der Waals surface area (Å²) in [5.74, 6) is -0.919. The number of fused-ring (bicyclic) bond motifs is 1. The standard InChI is InChI=1S/C25H24ClN3O3/c1-15-4-9-18(12-19(15)24(30)31)32-25-27-22-13-20(21(26)14-23(22)28-25)16-5-7-17(8-6-16)29-10-2-3-11-29/h4-9,13-14,18H,2-3,10-12H2,1H3,(H,27,28)(H,30,31). The molecule has 6 nitrogen and oxygen atoms in total. The molecule has 1 atom stereocenters. The van der Waals surface area contributed by atoms with Crippen LogP contribution in [0, 0.1) is 0 Å². The lowest BCUT2D eigenvalue weighted by atomic mass is 9.97. The minimum atomic E-state index is -0.919. The van der Waals surface area contributed by atoms with Gasteiger partial charge in [-0.2, -0.15) is 4.98 Å². The smallest absolute Gasteiger partial charge is 0.331 e. The van der Waals surface area contributed by atoms with Gasteiger partial charge in [-0.15, -0.1) is 0 Å². The fourth-order valence-electron chi connectivity index (χ4n) is 4.37. The Morgan fingerprint density at radius 1 is 1.22 bits per heavy atom. The highest BCUT2D eigenvalue weighted by Crippen LogP contribution is 2.34. The third-order valence-corrected chi connectivity index (χ3v) is 6.47. The summed E-state index contributed by atoms with van der Waals surface area (Å²) in [5, 5.41) is 10.00. The van der Waals surface area contributed by atoms with E-state index in [0.717, 1.165) is 40.8 Å². The molecule has 164 valence electrons. The zero-order chi connectivity index (χ0) is 22.2. The van der Waals surface area contributed by atoms with Crippen LogP contribution >= 0.6 is 11.6 Å². The van der Waals surface area contributed by atoms with Crippen LogP contribution in [0.4, 0.5) is 5.69 Å². The number of aliphatic carboxylic acids is 1. The highest BCUT2D eigenvalue weighted by atomic mass is 35.5. The number of imidazole rings is 1. The molecule has 3 aromatic rings. The summed E-state index contributed by atoms with van der Waals surface area (Å²) in [6.45, 7) is 4.02. The predicted octanol–water partition coefficient (Wildman–Crippen LogP) is 5.59. The van der Waals surface area contributed by atoms with Crippen molar-refractivity contribution in [2.24, 2.45) is 0 Å². The molecule has 1 aliphatic carbocycles. The Morgan fingerprint density at radius 2 is 1.97 bits per heavy atom. The van der Waals surface area contributed by atoms with Gasteiger partial charge < -0.3 is 19.7 Å². The highest BCUT2D eigenvalue weighted by molar-refractivity contribution is 6.34. The predicted molar refractivity (Wildman–Crippen MR) is 126 cm³/mol. The van der Waals surface area contributed by atoms with Gasteiger partial charge in [0, 0.05) is 36.3 Å². The average Bonchev–Trinajstić information content (AvgIpc) is 3.44. The topological polar surface area (TPSA) is 78.5 Å². The number of benzene rings is 2. The number of carboxylic acids is 1. The maximum absolute atomic E-state index is 11.4. The SMILES string of the molecule is CC1=C(C(=O)O)CC(Oc2nc3cc(-c4ccc(N5CCCC5)cc4)c(Cl)cc3[nH]2)C=C1. The maximum Gasteiger partial charge on any atom is 0.331 e. The number of allylic oxidation sites excluding steroid dienone is 2. The first-order valence-corrected chi connectivity index (χ1v) is 11.2. The summed E-state index contributed by atoms with van der Waals surface area (Å²) >= 11 is 6.59. The van der Waals surface area contributed by atoms with E-state index in [1.54, 1.807) is 13.0 Å². The molecule has 0 amide bonds. The number of aromatic amines is 1. The third kappa shape index (κ3) is 3.98. The van der Waals surface area contributed by atoms with Gasteiger partial charge in [-0.1, -0.05) is 29.8 Å². The van der Waals surface area contributed by atoms with Gasteiger partial charge in [-0.3, -0.25) is 0 Å². The van der Waals surface area contributed by atoms with E-state index in [1.807, 2.05) is 18.2 Å². The Labute approximate surface area is 191 Å². The minimum Gasteiger partial charge on any atom is -0.478 e. The second-order valence-electron chi connectivity index (χ2n) is 8.32. The van der Waals surface area contributed by atoms with Crippen LogP contribution in [0.1, 0.15) is 26.2 Å². The molecule has 2 N–H and O–H groups in total. The first kappa shape index (κ1) is 20.6. The highest BCUT2D eigenvalue weighted by Gasteiger charge is 2.22. The number of nitrogens with one attached hydrogen (secondary N) is 1. The van der Waals surface area contributed by atoms with E-state index in [1.165, 1.54) is 18.5 Å². The number of ether oxygens (including phenoxy) is 1. The van der Waals surface area contributed by atoms with E-state index in [4.69, 9.17) is 16.3 Å². The molecular weight excluding hydrogens is 426 g/mol. The number of carbonyl (C=O) groups is 1. The molecule has 32 heavy (non-hydrogen) atoms. The zero-order valence-electron chi connectivity index (χ0n) is 17.8. The lowest BCUT2D eigenvalue weighted by molar-refractivity contribution is -0.133.